The number of pyridine rings is 1. The molecule has 0 spiro atoms. The Morgan fingerprint density at radius 1 is 1.12 bits per heavy atom. The number of rotatable bonds is 9. The number of carbonyl (C=O) groups excluding carboxylic acids is 1. The second kappa shape index (κ2) is 10.4. The monoisotopic (exact) mass is 453 g/mol. The van der Waals surface area contributed by atoms with E-state index in [9.17, 15) is 14.7 Å². The molecular formula is C26H32FN3O3. The highest BCUT2D eigenvalue weighted by molar-refractivity contribution is 5.87. The number of anilines is 1. The topological polar surface area (TPSA) is 82.5 Å². The maximum atomic E-state index is 15.4. The van der Waals surface area contributed by atoms with Gasteiger partial charge in [0, 0.05) is 44.6 Å². The largest absolute Gasteiger partial charge is 0.480 e. The maximum absolute atomic E-state index is 15.4. The number of aromatic nitrogens is 1. The van der Waals surface area contributed by atoms with E-state index in [0.717, 1.165) is 43.7 Å². The van der Waals surface area contributed by atoms with Crippen LogP contribution in [0.15, 0.2) is 42.5 Å². The summed E-state index contributed by atoms with van der Waals surface area (Å²) in [5.74, 6) is -0.335. The standard InChI is InChI=1S/C26H32FN3O3/c27-26(14-17-30(18-15-26)23(25(32)33)19-7-2-1-3-8-19)22(31)11-5-4-10-21-13-12-20-9-6-16-28-24(20)29-21/h1-3,7-8,12-13,23H,4-6,9-11,14-18H2,(H,28,29)(H,32,33). The number of hydrogen-bond acceptors (Lipinski definition) is 5. The second-order valence-electron chi connectivity index (χ2n) is 9.12. The number of alkyl halides is 1. The number of benzene rings is 1. The summed E-state index contributed by atoms with van der Waals surface area (Å²) in [4.78, 5) is 31.0. The van der Waals surface area contributed by atoms with Gasteiger partial charge in [0.2, 0.25) is 0 Å². The highest BCUT2D eigenvalue weighted by Crippen LogP contribution is 2.33. The van der Waals surface area contributed by atoms with Crippen LogP contribution in [-0.2, 0) is 22.4 Å². The minimum atomic E-state index is -1.86. The molecule has 1 aromatic carbocycles. The van der Waals surface area contributed by atoms with E-state index in [0.29, 0.717) is 12.0 Å². The first-order valence-corrected chi connectivity index (χ1v) is 11.9. The number of ketones is 1. The molecule has 4 rings (SSSR count). The summed E-state index contributed by atoms with van der Waals surface area (Å²) in [7, 11) is 0. The Morgan fingerprint density at radius 3 is 2.61 bits per heavy atom. The molecule has 0 radical (unpaired) electrons. The van der Waals surface area contributed by atoms with Gasteiger partial charge in [-0.05, 0) is 49.3 Å². The highest BCUT2D eigenvalue weighted by atomic mass is 19.1. The van der Waals surface area contributed by atoms with Gasteiger partial charge in [0.15, 0.2) is 11.5 Å². The molecule has 1 saturated heterocycles. The average molecular weight is 454 g/mol. The van der Waals surface area contributed by atoms with Gasteiger partial charge in [0.05, 0.1) is 0 Å². The van der Waals surface area contributed by atoms with Crippen LogP contribution < -0.4 is 5.32 Å². The fourth-order valence-electron chi connectivity index (χ4n) is 4.88. The number of aliphatic carboxylic acids is 1. The van der Waals surface area contributed by atoms with Crippen LogP contribution in [0.2, 0.25) is 0 Å². The molecule has 0 aliphatic carbocycles. The zero-order valence-electron chi connectivity index (χ0n) is 18.9. The molecule has 1 aromatic heterocycles. The number of hydrogen-bond donors (Lipinski definition) is 2. The van der Waals surface area contributed by atoms with E-state index in [-0.39, 0.29) is 38.1 Å². The van der Waals surface area contributed by atoms with Gasteiger partial charge in [0.1, 0.15) is 11.9 Å². The molecule has 2 aromatic rings. The molecule has 2 aliphatic heterocycles. The Labute approximate surface area is 194 Å². The number of carbonyl (C=O) groups is 2. The third-order valence-corrected chi connectivity index (χ3v) is 6.84. The molecule has 1 atom stereocenters. The minimum absolute atomic E-state index is 0.0422. The second-order valence-corrected chi connectivity index (χ2v) is 9.12. The zero-order chi connectivity index (χ0) is 23.3. The van der Waals surface area contributed by atoms with Crippen LogP contribution in [0.25, 0.3) is 0 Å². The van der Waals surface area contributed by atoms with E-state index in [2.05, 4.69) is 16.4 Å². The Hall–Kier alpha value is -2.80. The van der Waals surface area contributed by atoms with Crippen LogP contribution in [0.1, 0.15) is 61.4 Å². The van der Waals surface area contributed by atoms with Gasteiger partial charge in [-0.25, -0.2) is 9.37 Å². The van der Waals surface area contributed by atoms with E-state index in [1.807, 2.05) is 12.1 Å². The Bertz CT molecular complexity index is 974. The van der Waals surface area contributed by atoms with Crippen LogP contribution in [0.3, 0.4) is 0 Å². The molecule has 7 heteroatoms. The van der Waals surface area contributed by atoms with Crippen molar-refractivity contribution in [2.75, 3.05) is 25.0 Å². The van der Waals surface area contributed by atoms with Crippen molar-refractivity contribution in [3.8, 4) is 0 Å². The summed E-state index contributed by atoms with van der Waals surface area (Å²) in [6.07, 6.45) is 4.66. The third kappa shape index (κ3) is 5.58. The van der Waals surface area contributed by atoms with Crippen molar-refractivity contribution in [2.24, 2.45) is 0 Å². The van der Waals surface area contributed by atoms with Crippen molar-refractivity contribution in [1.29, 1.82) is 0 Å². The lowest BCUT2D eigenvalue weighted by molar-refractivity contribution is -0.146. The van der Waals surface area contributed by atoms with E-state index in [1.54, 1.807) is 29.2 Å². The van der Waals surface area contributed by atoms with Crippen LogP contribution in [-0.4, -0.2) is 52.0 Å². The van der Waals surface area contributed by atoms with Crippen molar-refractivity contribution in [3.05, 3.63) is 59.3 Å². The molecule has 1 fully saturated rings. The van der Waals surface area contributed by atoms with Gasteiger partial charge in [-0.15, -0.1) is 0 Å². The molecule has 2 aliphatic rings. The molecule has 6 nitrogen and oxygen atoms in total. The Kier molecular flexibility index (Phi) is 7.38. The SMILES string of the molecule is O=C(O)C(c1ccccc1)N1CCC(F)(C(=O)CCCCc2ccc3c(n2)NCCC3)CC1. The third-order valence-electron chi connectivity index (χ3n) is 6.84. The molecule has 33 heavy (non-hydrogen) atoms. The van der Waals surface area contributed by atoms with E-state index in [1.165, 1.54) is 5.56 Å². The lowest BCUT2D eigenvalue weighted by Gasteiger charge is -2.38. The van der Waals surface area contributed by atoms with Gasteiger partial charge in [0.25, 0.3) is 0 Å². The first-order valence-electron chi connectivity index (χ1n) is 11.9. The number of carboxylic acids is 1. The summed E-state index contributed by atoms with van der Waals surface area (Å²) in [5, 5.41) is 13.0. The number of Topliss-reactive ketones (excluding diaryl/α,β-unsaturated/α-hetero) is 1. The fourth-order valence-corrected chi connectivity index (χ4v) is 4.88. The first-order chi connectivity index (χ1) is 16.0. The number of carboxylic acid groups (broad SMARTS) is 1. The molecule has 1 unspecified atom stereocenters. The number of nitrogens with zero attached hydrogens (tertiary/aromatic N) is 2. The number of likely N-dealkylation sites (tertiary alicyclic amines) is 1. The van der Waals surface area contributed by atoms with Gasteiger partial charge in [-0.2, -0.15) is 0 Å². The maximum Gasteiger partial charge on any atom is 0.325 e. The lowest BCUT2D eigenvalue weighted by Crippen LogP contribution is -2.48. The molecule has 0 saturated carbocycles. The van der Waals surface area contributed by atoms with Crippen LogP contribution in [0.4, 0.5) is 10.2 Å². The van der Waals surface area contributed by atoms with Crippen molar-refractivity contribution in [1.82, 2.24) is 9.88 Å². The number of fused-ring (bicyclic) bond motifs is 1. The van der Waals surface area contributed by atoms with Gasteiger partial charge >= 0.3 is 5.97 Å². The summed E-state index contributed by atoms with van der Waals surface area (Å²) >= 11 is 0. The number of aryl methyl sites for hydroxylation is 2. The van der Waals surface area contributed by atoms with Crippen molar-refractivity contribution in [2.45, 2.75) is 63.1 Å². The smallest absolute Gasteiger partial charge is 0.325 e. The molecular weight excluding hydrogens is 421 g/mol. The molecule has 0 bridgehead atoms. The van der Waals surface area contributed by atoms with Crippen LogP contribution >= 0.6 is 0 Å². The molecule has 176 valence electrons. The normalized spacial score (nSPS) is 18.7. The number of unbranched alkanes of at least 4 members (excludes halogenated alkanes) is 1. The van der Waals surface area contributed by atoms with Gasteiger partial charge in [-0.1, -0.05) is 36.4 Å². The Morgan fingerprint density at radius 2 is 1.88 bits per heavy atom. The summed E-state index contributed by atoms with van der Waals surface area (Å²) < 4.78 is 15.4. The molecule has 0 amide bonds. The quantitative estimate of drug-likeness (QED) is 0.550. The van der Waals surface area contributed by atoms with Gasteiger partial charge < -0.3 is 10.4 Å². The zero-order valence-corrected chi connectivity index (χ0v) is 18.9. The predicted octanol–water partition coefficient (Wildman–Crippen LogP) is 4.35. The van der Waals surface area contributed by atoms with Gasteiger partial charge in [-0.3, -0.25) is 14.5 Å². The Balaban J connectivity index is 1.25. The predicted molar refractivity (Wildman–Crippen MR) is 125 cm³/mol. The summed E-state index contributed by atoms with van der Waals surface area (Å²) in [6, 6.07) is 12.3. The number of nitrogens with one attached hydrogen (secondary N) is 1. The molecule has 2 N–H and O–H groups in total. The van der Waals surface area contributed by atoms with E-state index in [4.69, 9.17) is 0 Å². The lowest BCUT2D eigenvalue weighted by atomic mass is 9.85. The molecule has 3 heterocycles. The van der Waals surface area contributed by atoms with E-state index < -0.39 is 17.7 Å². The number of piperidine rings is 1. The average Bonchev–Trinajstić information content (AvgIpc) is 2.83. The number of halogens is 1. The summed E-state index contributed by atoms with van der Waals surface area (Å²) in [5.41, 5.74) is 1.07. The van der Waals surface area contributed by atoms with Crippen LogP contribution in [0.5, 0.6) is 0 Å². The summed E-state index contributed by atoms with van der Waals surface area (Å²) in [6.45, 7) is 1.45. The highest BCUT2D eigenvalue weighted by Gasteiger charge is 2.43. The fraction of sp³-hybridized carbons (Fsp3) is 0.500. The first kappa shape index (κ1) is 23.4. The van der Waals surface area contributed by atoms with Crippen molar-refractivity contribution < 1.29 is 19.1 Å². The minimum Gasteiger partial charge on any atom is -0.480 e. The van der Waals surface area contributed by atoms with E-state index >= 15 is 4.39 Å². The van der Waals surface area contributed by atoms with Crippen LogP contribution in [0, 0.1) is 0 Å². The van der Waals surface area contributed by atoms with Crippen molar-refractivity contribution >= 4 is 17.6 Å². The van der Waals surface area contributed by atoms with Crippen molar-refractivity contribution in [3.63, 3.8) is 0 Å².